The van der Waals surface area contributed by atoms with Crippen molar-refractivity contribution < 1.29 is 0 Å². The van der Waals surface area contributed by atoms with Crippen molar-refractivity contribution in [3.63, 3.8) is 0 Å². The van der Waals surface area contributed by atoms with E-state index in [4.69, 9.17) is 0 Å². The molecule has 0 fully saturated rings. The molecule has 0 saturated carbocycles. The Morgan fingerprint density at radius 1 is 0.677 bits per heavy atom. The molecule has 0 nitrogen and oxygen atoms in total. The molecule has 0 amide bonds. The summed E-state index contributed by atoms with van der Waals surface area (Å²) >= 11 is 0. The van der Waals surface area contributed by atoms with Crippen molar-refractivity contribution in [2.24, 2.45) is 0 Å². The van der Waals surface area contributed by atoms with Crippen LogP contribution >= 0.6 is 0 Å². The van der Waals surface area contributed by atoms with Crippen molar-refractivity contribution in [1.82, 2.24) is 0 Å². The predicted octanol–water partition coefficient (Wildman–Crippen LogP) is 5.82. The normalized spacial score (nSPS) is 16.5. The van der Waals surface area contributed by atoms with Gasteiger partial charge in [0, 0.05) is 0 Å². The van der Waals surface area contributed by atoms with Gasteiger partial charge in [0.05, 0.1) is 0 Å². The molecular weight excluding hydrogens is 372 g/mol. The van der Waals surface area contributed by atoms with Crippen LogP contribution < -0.4 is 10.4 Å². The molecule has 0 radical (unpaired) electrons. The summed E-state index contributed by atoms with van der Waals surface area (Å²) in [4.78, 5) is 0. The first-order valence-corrected chi connectivity index (χ1v) is 11.4. The van der Waals surface area contributed by atoms with Crippen LogP contribution in [0.15, 0.2) is 96.6 Å². The molecule has 0 heterocycles. The molecule has 0 aliphatic heterocycles. The van der Waals surface area contributed by atoms with Gasteiger partial charge in [-0.15, -0.1) is 0 Å². The second kappa shape index (κ2) is 7.71. The molecule has 3 aromatic carbocycles. The summed E-state index contributed by atoms with van der Waals surface area (Å²) in [7, 11) is 0. The van der Waals surface area contributed by atoms with Gasteiger partial charge in [-0.05, 0) is 87.1 Å². The van der Waals surface area contributed by atoms with E-state index in [1.165, 1.54) is 51.1 Å². The first kappa shape index (κ1) is 18.4. The van der Waals surface area contributed by atoms with Crippen molar-refractivity contribution in [1.29, 1.82) is 0 Å². The number of benzene rings is 3. The largest absolute Gasteiger partial charge is 0.0836 e. The van der Waals surface area contributed by atoms with E-state index < -0.39 is 0 Å². The summed E-state index contributed by atoms with van der Waals surface area (Å²) < 4.78 is 0. The van der Waals surface area contributed by atoms with Crippen molar-refractivity contribution in [3.05, 3.63) is 129 Å². The van der Waals surface area contributed by atoms with Crippen LogP contribution in [-0.4, -0.2) is 0 Å². The zero-order valence-corrected chi connectivity index (χ0v) is 17.8. The minimum atomic E-state index is 1.10. The Hall–Kier alpha value is -3.38. The van der Waals surface area contributed by atoms with E-state index in [0.29, 0.717) is 0 Å². The van der Waals surface area contributed by atoms with Crippen LogP contribution in [0.2, 0.25) is 0 Å². The molecule has 0 atom stereocenters. The summed E-state index contributed by atoms with van der Waals surface area (Å²) in [5, 5.41) is 2.93. The van der Waals surface area contributed by atoms with Crippen LogP contribution in [0.1, 0.15) is 35.1 Å². The van der Waals surface area contributed by atoms with Gasteiger partial charge < -0.3 is 0 Å². The van der Waals surface area contributed by atoms with Gasteiger partial charge >= 0.3 is 0 Å². The van der Waals surface area contributed by atoms with Gasteiger partial charge in [0.1, 0.15) is 0 Å². The van der Waals surface area contributed by atoms with Gasteiger partial charge in [0.15, 0.2) is 0 Å². The highest BCUT2D eigenvalue weighted by atomic mass is 14.2. The van der Waals surface area contributed by atoms with Crippen LogP contribution in [0.4, 0.5) is 0 Å². The molecule has 0 N–H and O–H groups in total. The lowest BCUT2D eigenvalue weighted by molar-refractivity contribution is 1.000. The van der Waals surface area contributed by atoms with Crippen LogP contribution in [0, 0.1) is 0 Å². The fourth-order valence-electron chi connectivity index (χ4n) is 5.44. The fourth-order valence-corrected chi connectivity index (χ4v) is 5.44. The van der Waals surface area contributed by atoms with Gasteiger partial charge in [0.2, 0.25) is 0 Å². The zero-order valence-electron chi connectivity index (χ0n) is 17.8. The van der Waals surface area contributed by atoms with Crippen LogP contribution in [-0.2, 0) is 19.3 Å². The van der Waals surface area contributed by atoms with Gasteiger partial charge in [-0.2, -0.15) is 0 Å². The maximum Gasteiger partial charge on any atom is -0.00135 e. The monoisotopic (exact) mass is 398 g/mol. The summed E-state index contributed by atoms with van der Waals surface area (Å²) in [6, 6.07) is 21.9. The topological polar surface area (TPSA) is 0 Å². The molecule has 0 bridgehead atoms. The highest BCUT2D eigenvalue weighted by Gasteiger charge is 2.17. The molecule has 150 valence electrons. The third-order valence-electron chi connectivity index (χ3n) is 6.97. The van der Waals surface area contributed by atoms with Gasteiger partial charge in [-0.3, -0.25) is 0 Å². The Morgan fingerprint density at radius 3 is 2.26 bits per heavy atom. The summed E-state index contributed by atoms with van der Waals surface area (Å²) in [6.45, 7) is 0. The number of hydrogen-bond donors (Lipinski definition) is 0. The molecule has 31 heavy (non-hydrogen) atoms. The molecule has 3 aromatic rings. The molecule has 0 spiro atoms. The maximum absolute atomic E-state index is 2.41. The van der Waals surface area contributed by atoms with E-state index >= 15 is 0 Å². The van der Waals surface area contributed by atoms with E-state index in [1.54, 1.807) is 16.7 Å². The first-order valence-electron chi connectivity index (χ1n) is 11.4. The van der Waals surface area contributed by atoms with Crippen molar-refractivity contribution in [2.75, 3.05) is 0 Å². The van der Waals surface area contributed by atoms with E-state index in [1.807, 2.05) is 0 Å². The highest BCUT2D eigenvalue weighted by Crippen LogP contribution is 2.35. The number of fused-ring (bicyclic) bond motifs is 7. The van der Waals surface area contributed by atoms with Gasteiger partial charge in [0.25, 0.3) is 0 Å². The highest BCUT2D eigenvalue weighted by molar-refractivity contribution is 5.76. The molecule has 0 aromatic heterocycles. The Kier molecular flexibility index (Phi) is 4.57. The maximum atomic E-state index is 2.41. The molecule has 0 saturated heterocycles. The number of allylic oxidation sites excluding steroid dienone is 6. The van der Waals surface area contributed by atoms with Crippen LogP contribution in [0.25, 0.3) is 22.8 Å². The van der Waals surface area contributed by atoms with Crippen LogP contribution in [0.3, 0.4) is 0 Å². The van der Waals surface area contributed by atoms with E-state index in [2.05, 4.69) is 97.1 Å². The second-order valence-electron chi connectivity index (χ2n) is 8.73. The molecule has 4 aliphatic rings. The van der Waals surface area contributed by atoms with E-state index in [-0.39, 0.29) is 0 Å². The lowest BCUT2D eigenvalue weighted by atomic mass is 9.83. The third-order valence-corrected chi connectivity index (χ3v) is 6.97. The second-order valence-corrected chi connectivity index (χ2v) is 8.73. The number of hydrogen-bond acceptors (Lipinski definition) is 0. The Labute approximate surface area is 184 Å². The minimum absolute atomic E-state index is 1.10. The van der Waals surface area contributed by atoms with Crippen molar-refractivity contribution in [2.45, 2.75) is 32.1 Å². The standard InChI is InChI=1S/C18H16.C13H10/c1-3-7-15-13(5-1)9-11-18-16-8-4-2-6-14(16)10-12-17(15)18;1-3-7-12-10(5-1)9-11-6-2-4-8-13(11)12/h1-3,5-6,9-11H,4,7-8,12H2;1-8H,9H2. The average Bonchev–Trinajstić information content (AvgIpc) is 3.23. The SMILES string of the molecule is C1=CCc2c3c(ccc2=C1)=C1CCC=CC1=CC3.c1ccc2c(c1)Cc1ccccc1-2. The third kappa shape index (κ3) is 3.24. The molecule has 0 unspecified atom stereocenters. The molecule has 0 heteroatoms. The Morgan fingerprint density at radius 2 is 1.45 bits per heavy atom. The lowest BCUT2D eigenvalue weighted by Gasteiger charge is -2.21. The summed E-state index contributed by atoms with van der Waals surface area (Å²) in [5.74, 6) is 0. The van der Waals surface area contributed by atoms with Gasteiger partial charge in [-0.25, -0.2) is 0 Å². The quantitative estimate of drug-likeness (QED) is 0.350. The summed E-state index contributed by atoms with van der Waals surface area (Å²) in [5.41, 5.74) is 11.9. The molecular formula is C31H26. The molecule has 4 aliphatic carbocycles. The first-order chi connectivity index (χ1) is 15.4. The van der Waals surface area contributed by atoms with Crippen molar-refractivity contribution >= 4 is 11.6 Å². The summed E-state index contributed by atoms with van der Waals surface area (Å²) in [6.07, 6.45) is 19.4. The Balaban J connectivity index is 0.000000126. The fraction of sp³-hybridized carbons (Fsp3) is 0.161. The predicted molar refractivity (Wildman–Crippen MR) is 131 cm³/mol. The zero-order chi connectivity index (χ0) is 20.6. The molecule has 7 rings (SSSR count). The van der Waals surface area contributed by atoms with E-state index in [9.17, 15) is 0 Å². The number of rotatable bonds is 0. The van der Waals surface area contributed by atoms with Crippen LogP contribution in [0.5, 0.6) is 0 Å². The lowest BCUT2D eigenvalue weighted by Crippen LogP contribution is -2.26. The minimum Gasteiger partial charge on any atom is -0.0836 e. The Bertz CT molecular complexity index is 1350. The van der Waals surface area contributed by atoms with Gasteiger partial charge in [-0.1, -0.05) is 97.1 Å². The smallest absolute Gasteiger partial charge is 0.00135 e. The van der Waals surface area contributed by atoms with Crippen molar-refractivity contribution in [3.8, 4) is 11.1 Å². The van der Waals surface area contributed by atoms with E-state index in [0.717, 1.165) is 19.3 Å². The average molecular weight is 399 g/mol.